The monoisotopic (exact) mass is 297 g/mol. The zero-order chi connectivity index (χ0) is 14.9. The van der Waals surface area contributed by atoms with Crippen LogP contribution in [0.3, 0.4) is 0 Å². The second-order valence-corrected chi connectivity index (χ2v) is 5.06. The van der Waals surface area contributed by atoms with Crippen molar-refractivity contribution in [3.05, 3.63) is 30.7 Å². The molecule has 0 unspecified atom stereocenters. The van der Waals surface area contributed by atoms with Crippen LogP contribution in [0.2, 0.25) is 0 Å². The first kappa shape index (κ1) is 12.9. The molecule has 1 aliphatic heterocycles. The molecule has 1 aromatic carbocycles. The smallest absolute Gasteiger partial charge is 0.163 e. The van der Waals surface area contributed by atoms with E-state index in [-0.39, 0.29) is 0 Å². The largest absolute Gasteiger partial charge is 0.490 e. The second kappa shape index (κ2) is 5.18. The van der Waals surface area contributed by atoms with Gasteiger partial charge < -0.3 is 14.8 Å². The first-order valence-corrected chi connectivity index (χ1v) is 7.10. The first-order valence-electron chi connectivity index (χ1n) is 7.10. The van der Waals surface area contributed by atoms with E-state index in [0.717, 1.165) is 34.6 Å². The lowest BCUT2D eigenvalue weighted by atomic mass is 10.2. The molecule has 0 radical (unpaired) electrons. The topological polar surface area (TPSA) is 74.1 Å². The third-order valence-corrected chi connectivity index (χ3v) is 3.54. The molecule has 0 atom stereocenters. The molecule has 0 amide bonds. The maximum absolute atomic E-state index is 5.70. The van der Waals surface area contributed by atoms with Crippen LogP contribution in [0.5, 0.6) is 11.5 Å². The molecular formula is C15H15N5O2. The average Bonchev–Trinajstić information content (AvgIpc) is 2.77. The number of aromatic nitrogens is 4. The first-order chi connectivity index (χ1) is 10.8. The number of benzene rings is 1. The molecule has 0 aliphatic carbocycles. The van der Waals surface area contributed by atoms with Crippen LogP contribution in [0.4, 0.5) is 11.5 Å². The summed E-state index contributed by atoms with van der Waals surface area (Å²) < 4.78 is 13.1. The normalized spacial score (nSPS) is 13.9. The van der Waals surface area contributed by atoms with Gasteiger partial charge in [0.05, 0.1) is 24.8 Å². The number of ether oxygens (including phenoxy) is 2. The van der Waals surface area contributed by atoms with Gasteiger partial charge in [-0.1, -0.05) is 0 Å². The van der Waals surface area contributed by atoms with Crippen molar-refractivity contribution in [1.82, 2.24) is 19.7 Å². The lowest BCUT2D eigenvalue weighted by Crippen LogP contribution is -1.98. The number of anilines is 2. The number of aryl methyl sites for hydroxylation is 1. The summed E-state index contributed by atoms with van der Waals surface area (Å²) in [6, 6.07) is 5.77. The summed E-state index contributed by atoms with van der Waals surface area (Å²) in [7, 11) is 1.85. The van der Waals surface area contributed by atoms with Crippen LogP contribution >= 0.6 is 0 Å². The molecule has 0 saturated carbocycles. The third kappa shape index (κ3) is 2.20. The predicted octanol–water partition coefficient (Wildman–Crippen LogP) is 2.27. The van der Waals surface area contributed by atoms with Gasteiger partial charge in [-0.15, -0.1) is 0 Å². The van der Waals surface area contributed by atoms with Crippen molar-refractivity contribution in [1.29, 1.82) is 0 Å². The van der Waals surface area contributed by atoms with E-state index in [2.05, 4.69) is 20.4 Å². The summed E-state index contributed by atoms with van der Waals surface area (Å²) >= 11 is 0. The molecule has 7 nitrogen and oxygen atoms in total. The summed E-state index contributed by atoms with van der Waals surface area (Å²) in [6.07, 6.45) is 4.16. The van der Waals surface area contributed by atoms with Crippen LogP contribution in [-0.2, 0) is 7.05 Å². The van der Waals surface area contributed by atoms with E-state index in [1.54, 1.807) is 10.9 Å². The van der Waals surface area contributed by atoms with Crippen molar-refractivity contribution in [2.24, 2.45) is 7.05 Å². The van der Waals surface area contributed by atoms with Crippen LogP contribution in [0.25, 0.3) is 11.0 Å². The van der Waals surface area contributed by atoms with E-state index >= 15 is 0 Å². The van der Waals surface area contributed by atoms with Crippen molar-refractivity contribution in [2.75, 3.05) is 18.5 Å². The Bertz CT molecular complexity index is 830. The van der Waals surface area contributed by atoms with Gasteiger partial charge in [-0.05, 0) is 12.1 Å². The molecule has 3 aromatic rings. The van der Waals surface area contributed by atoms with E-state index in [0.29, 0.717) is 19.0 Å². The minimum atomic E-state index is 0.664. The van der Waals surface area contributed by atoms with E-state index in [9.17, 15) is 0 Å². The van der Waals surface area contributed by atoms with Crippen LogP contribution in [-0.4, -0.2) is 33.0 Å². The van der Waals surface area contributed by atoms with Gasteiger partial charge in [0.15, 0.2) is 17.1 Å². The highest BCUT2D eigenvalue weighted by atomic mass is 16.5. The average molecular weight is 297 g/mol. The highest BCUT2D eigenvalue weighted by Gasteiger charge is 2.12. The number of nitrogens with zero attached hydrogens (tertiary/aromatic N) is 4. The van der Waals surface area contributed by atoms with Crippen LogP contribution in [0.15, 0.2) is 30.7 Å². The molecule has 1 N–H and O–H groups in total. The summed E-state index contributed by atoms with van der Waals surface area (Å²) in [5.41, 5.74) is 1.67. The fourth-order valence-corrected chi connectivity index (χ4v) is 2.44. The fourth-order valence-electron chi connectivity index (χ4n) is 2.44. The maximum Gasteiger partial charge on any atom is 0.163 e. The Morgan fingerprint density at radius 3 is 2.91 bits per heavy atom. The van der Waals surface area contributed by atoms with Gasteiger partial charge in [-0.25, -0.2) is 9.97 Å². The highest BCUT2D eigenvalue weighted by molar-refractivity contribution is 5.88. The van der Waals surface area contributed by atoms with Gasteiger partial charge >= 0.3 is 0 Å². The number of hydrogen-bond donors (Lipinski definition) is 1. The Hall–Kier alpha value is -2.83. The summed E-state index contributed by atoms with van der Waals surface area (Å²) in [4.78, 5) is 8.53. The Kier molecular flexibility index (Phi) is 3.03. The van der Waals surface area contributed by atoms with Crippen molar-refractivity contribution in [3.63, 3.8) is 0 Å². The van der Waals surface area contributed by atoms with Gasteiger partial charge in [0.25, 0.3) is 0 Å². The molecule has 0 bridgehead atoms. The molecule has 7 heteroatoms. The Morgan fingerprint density at radius 2 is 2.00 bits per heavy atom. The third-order valence-electron chi connectivity index (χ3n) is 3.54. The van der Waals surface area contributed by atoms with Gasteiger partial charge in [-0.3, -0.25) is 4.68 Å². The molecule has 3 heterocycles. The van der Waals surface area contributed by atoms with E-state index in [4.69, 9.17) is 9.47 Å². The minimum absolute atomic E-state index is 0.664. The molecule has 0 saturated heterocycles. The fraction of sp³-hybridized carbons (Fsp3) is 0.267. The molecule has 22 heavy (non-hydrogen) atoms. The molecule has 1 aliphatic rings. The highest BCUT2D eigenvalue weighted by Crippen LogP contribution is 2.33. The Balaban J connectivity index is 1.69. The van der Waals surface area contributed by atoms with Crippen molar-refractivity contribution >= 4 is 22.5 Å². The van der Waals surface area contributed by atoms with Crippen molar-refractivity contribution < 1.29 is 9.47 Å². The molecule has 112 valence electrons. The standard InChI is InChI=1S/C15H15N5O2/c1-20-15-11(8-18-20)14(16-9-17-15)19-10-3-4-12-13(7-10)22-6-2-5-21-12/h3-4,7-9H,2,5-6H2,1H3,(H,16,17,19). The molecule has 2 aromatic heterocycles. The quantitative estimate of drug-likeness (QED) is 0.782. The van der Waals surface area contributed by atoms with Crippen LogP contribution < -0.4 is 14.8 Å². The lowest BCUT2D eigenvalue weighted by Gasteiger charge is -2.11. The SMILES string of the molecule is Cn1ncc2c(Nc3ccc4c(c3)OCCCO4)ncnc21. The van der Waals surface area contributed by atoms with Crippen LogP contribution in [0.1, 0.15) is 6.42 Å². The summed E-state index contributed by atoms with van der Waals surface area (Å²) in [5, 5.41) is 8.37. The van der Waals surface area contributed by atoms with Gasteiger partial charge in [0.2, 0.25) is 0 Å². The maximum atomic E-state index is 5.70. The molecular weight excluding hydrogens is 282 g/mol. The molecule has 0 spiro atoms. The number of rotatable bonds is 2. The number of nitrogens with one attached hydrogen (secondary N) is 1. The number of fused-ring (bicyclic) bond motifs is 2. The van der Waals surface area contributed by atoms with E-state index in [1.165, 1.54) is 6.33 Å². The predicted molar refractivity (Wildman–Crippen MR) is 81.6 cm³/mol. The summed E-state index contributed by atoms with van der Waals surface area (Å²) in [5.74, 6) is 2.24. The van der Waals surface area contributed by atoms with Crippen molar-refractivity contribution in [2.45, 2.75) is 6.42 Å². The zero-order valence-corrected chi connectivity index (χ0v) is 12.1. The second-order valence-electron chi connectivity index (χ2n) is 5.06. The minimum Gasteiger partial charge on any atom is -0.490 e. The Morgan fingerprint density at radius 1 is 1.14 bits per heavy atom. The van der Waals surface area contributed by atoms with Gasteiger partial charge in [0.1, 0.15) is 12.1 Å². The number of hydrogen-bond acceptors (Lipinski definition) is 6. The van der Waals surface area contributed by atoms with Crippen LogP contribution in [0, 0.1) is 0 Å². The van der Waals surface area contributed by atoms with Gasteiger partial charge in [-0.2, -0.15) is 5.10 Å². The Labute approximate surface area is 126 Å². The van der Waals surface area contributed by atoms with Gasteiger partial charge in [0, 0.05) is 25.2 Å². The molecule has 0 fully saturated rings. The van der Waals surface area contributed by atoms with Crippen molar-refractivity contribution in [3.8, 4) is 11.5 Å². The zero-order valence-electron chi connectivity index (χ0n) is 12.1. The molecule has 4 rings (SSSR count). The van der Waals surface area contributed by atoms with E-state index < -0.39 is 0 Å². The summed E-state index contributed by atoms with van der Waals surface area (Å²) in [6.45, 7) is 1.35. The van der Waals surface area contributed by atoms with E-state index in [1.807, 2.05) is 25.2 Å². The lowest BCUT2D eigenvalue weighted by molar-refractivity contribution is 0.297.